The van der Waals surface area contributed by atoms with E-state index < -0.39 is 18.1 Å². The number of para-hydroxylation sites is 2. The first-order valence-electron chi connectivity index (χ1n) is 13.8. The van der Waals surface area contributed by atoms with Gasteiger partial charge in [0, 0.05) is 53.0 Å². The van der Waals surface area contributed by atoms with Crippen LogP contribution in [0.3, 0.4) is 0 Å². The molecule has 0 spiro atoms. The van der Waals surface area contributed by atoms with Crippen LogP contribution >= 0.6 is 0 Å². The molecular weight excluding hydrogens is 486 g/mol. The van der Waals surface area contributed by atoms with Crippen LogP contribution in [0.5, 0.6) is 0 Å². The number of fused-ring (bicyclic) bond motifs is 1. The number of carboxylic acid groups (broad SMARTS) is 1. The van der Waals surface area contributed by atoms with E-state index >= 15 is 0 Å². The van der Waals surface area contributed by atoms with Crippen LogP contribution < -0.4 is 0 Å². The van der Waals surface area contributed by atoms with Crippen LogP contribution in [0, 0.1) is 11.8 Å². The van der Waals surface area contributed by atoms with E-state index in [0.717, 1.165) is 49.8 Å². The molecule has 3 heterocycles. The van der Waals surface area contributed by atoms with Crippen molar-refractivity contribution < 1.29 is 24.2 Å². The van der Waals surface area contributed by atoms with Gasteiger partial charge in [-0.25, -0.2) is 9.78 Å². The number of methoxy groups -OCH3 is 1. The second kappa shape index (κ2) is 12.6. The van der Waals surface area contributed by atoms with Crippen LogP contribution in [0.15, 0.2) is 24.3 Å². The number of carbonyl (C=O) groups is 3. The maximum absolute atomic E-state index is 14.2. The van der Waals surface area contributed by atoms with E-state index in [1.165, 1.54) is 4.90 Å². The molecule has 0 bridgehead atoms. The zero-order valence-corrected chi connectivity index (χ0v) is 22.8. The number of carbonyl (C=O) groups excluding carboxylic acids is 2. The van der Waals surface area contributed by atoms with Crippen LogP contribution in [0.4, 0.5) is 4.79 Å². The van der Waals surface area contributed by atoms with Gasteiger partial charge in [-0.2, -0.15) is 0 Å². The minimum atomic E-state index is -1.06. The summed E-state index contributed by atoms with van der Waals surface area (Å²) in [6.07, 6.45) is 3.04. The first-order valence-corrected chi connectivity index (χ1v) is 13.8. The van der Waals surface area contributed by atoms with Gasteiger partial charge in [-0.15, -0.1) is 0 Å². The highest BCUT2D eigenvalue weighted by Crippen LogP contribution is 2.27. The van der Waals surface area contributed by atoms with Gasteiger partial charge >= 0.3 is 6.09 Å². The smallest absolute Gasteiger partial charge is 0.407 e. The summed E-state index contributed by atoms with van der Waals surface area (Å²) >= 11 is 0. The predicted octanol–water partition coefficient (Wildman–Crippen LogP) is 3.55. The third kappa shape index (κ3) is 6.28. The molecule has 2 aliphatic rings. The van der Waals surface area contributed by atoms with Crippen LogP contribution in [0.25, 0.3) is 11.0 Å². The summed E-state index contributed by atoms with van der Waals surface area (Å²) in [5.74, 6) is -0.157. The molecule has 1 aromatic carbocycles. The Labute approximate surface area is 224 Å². The molecule has 4 rings (SSSR count). The van der Waals surface area contributed by atoms with Crippen molar-refractivity contribution in [1.29, 1.82) is 0 Å². The number of hydrogen-bond acceptors (Lipinski definition) is 5. The van der Waals surface area contributed by atoms with E-state index in [0.29, 0.717) is 31.9 Å². The zero-order chi connectivity index (χ0) is 27.2. The maximum Gasteiger partial charge on any atom is 0.407 e. The Balaban J connectivity index is 1.65. The Hall–Kier alpha value is -3.14. The van der Waals surface area contributed by atoms with E-state index in [1.54, 1.807) is 12.0 Å². The Morgan fingerprint density at radius 2 is 1.84 bits per heavy atom. The lowest BCUT2D eigenvalue weighted by Crippen LogP contribution is -2.57. The van der Waals surface area contributed by atoms with Gasteiger partial charge in [0.2, 0.25) is 5.91 Å². The average Bonchev–Trinajstić information content (AvgIpc) is 3.57. The first kappa shape index (κ1) is 27.9. The van der Waals surface area contributed by atoms with E-state index in [2.05, 4.69) is 0 Å². The number of aromatic nitrogens is 2. The summed E-state index contributed by atoms with van der Waals surface area (Å²) in [5, 5.41) is 9.89. The molecule has 2 fully saturated rings. The number of unbranched alkanes of at least 4 members (excludes halogenated alkanes) is 1. The minimum absolute atomic E-state index is 0.000720. The van der Waals surface area contributed by atoms with Crippen molar-refractivity contribution in [2.45, 2.75) is 58.5 Å². The van der Waals surface area contributed by atoms with Gasteiger partial charge in [0.1, 0.15) is 0 Å². The second-order valence-corrected chi connectivity index (χ2v) is 10.9. The van der Waals surface area contributed by atoms with E-state index in [-0.39, 0.29) is 30.8 Å². The van der Waals surface area contributed by atoms with Gasteiger partial charge in [-0.1, -0.05) is 26.0 Å². The standard InChI is InChI=1S/C28H41N5O5/c1-20(2)17-33(22-16-21(18-31(19-22)28(36)37)26(34)30-12-6-7-13-30)27(35)25-29-23-10-4-5-11-24(23)32(25)14-8-9-15-38-3/h4-5,10-11,20-22H,6-9,12-19H2,1-3H3,(H,36,37)/t21-,22+/m1/s1. The number of ether oxygens (including phenoxy) is 1. The molecule has 0 saturated carbocycles. The van der Waals surface area contributed by atoms with Crippen molar-refractivity contribution in [3.8, 4) is 0 Å². The van der Waals surface area contributed by atoms with Crippen LogP contribution in [-0.2, 0) is 16.1 Å². The molecule has 2 atom stereocenters. The summed E-state index contributed by atoms with van der Waals surface area (Å²) in [6.45, 7) is 7.60. The molecule has 1 N–H and O–H groups in total. The molecule has 1 aromatic heterocycles. The molecule has 3 amide bonds. The van der Waals surface area contributed by atoms with Gasteiger partial charge in [0.05, 0.1) is 23.0 Å². The van der Waals surface area contributed by atoms with E-state index in [1.807, 2.05) is 47.6 Å². The third-order valence-electron chi connectivity index (χ3n) is 7.56. The largest absolute Gasteiger partial charge is 0.465 e. The first-order chi connectivity index (χ1) is 18.3. The van der Waals surface area contributed by atoms with Crippen molar-refractivity contribution in [3.63, 3.8) is 0 Å². The zero-order valence-electron chi connectivity index (χ0n) is 22.8. The highest BCUT2D eigenvalue weighted by molar-refractivity contribution is 5.95. The monoisotopic (exact) mass is 527 g/mol. The number of benzene rings is 1. The molecule has 2 aliphatic heterocycles. The third-order valence-corrected chi connectivity index (χ3v) is 7.56. The van der Waals surface area contributed by atoms with Gasteiger partial charge in [0.15, 0.2) is 5.82 Å². The second-order valence-electron chi connectivity index (χ2n) is 10.9. The predicted molar refractivity (Wildman–Crippen MR) is 144 cm³/mol. The van der Waals surface area contributed by atoms with Crippen molar-refractivity contribution in [1.82, 2.24) is 24.3 Å². The summed E-state index contributed by atoms with van der Waals surface area (Å²) in [4.78, 5) is 49.3. The number of imidazole rings is 1. The van der Waals surface area contributed by atoms with Gasteiger partial charge in [0.25, 0.3) is 5.91 Å². The molecule has 208 valence electrons. The number of hydrogen-bond donors (Lipinski definition) is 1. The summed E-state index contributed by atoms with van der Waals surface area (Å²) < 4.78 is 7.18. The summed E-state index contributed by atoms with van der Waals surface area (Å²) in [6, 6.07) is 7.32. The van der Waals surface area contributed by atoms with Crippen LogP contribution in [0.1, 0.15) is 56.6 Å². The summed E-state index contributed by atoms with van der Waals surface area (Å²) in [7, 11) is 1.68. The minimum Gasteiger partial charge on any atom is -0.465 e. The van der Waals surface area contributed by atoms with E-state index in [9.17, 15) is 19.5 Å². The molecule has 0 radical (unpaired) electrons. The number of amides is 3. The molecule has 2 aromatic rings. The fourth-order valence-corrected chi connectivity index (χ4v) is 5.73. The molecule has 0 aliphatic carbocycles. The topological polar surface area (TPSA) is 108 Å². The lowest BCUT2D eigenvalue weighted by atomic mass is 9.91. The SMILES string of the molecule is COCCCCn1c(C(=O)N(CC(C)C)[C@H]2C[C@@H](C(=O)N3CCCC3)CN(C(=O)O)C2)nc2ccccc21. The van der Waals surface area contributed by atoms with Crippen molar-refractivity contribution in [2.24, 2.45) is 11.8 Å². The van der Waals surface area contributed by atoms with Crippen LogP contribution in [-0.4, -0.2) is 99.7 Å². The molecule has 38 heavy (non-hydrogen) atoms. The number of likely N-dealkylation sites (tertiary alicyclic amines) is 2. The molecule has 10 heteroatoms. The number of aryl methyl sites for hydroxylation is 1. The molecule has 10 nitrogen and oxygen atoms in total. The highest BCUT2D eigenvalue weighted by Gasteiger charge is 2.41. The van der Waals surface area contributed by atoms with Gasteiger partial charge in [-0.3, -0.25) is 9.59 Å². The average molecular weight is 528 g/mol. The lowest BCUT2D eigenvalue weighted by molar-refractivity contribution is -0.136. The van der Waals surface area contributed by atoms with Gasteiger partial charge < -0.3 is 29.1 Å². The fraction of sp³-hybridized carbons (Fsp3) is 0.643. The number of piperidine rings is 1. The Kier molecular flexibility index (Phi) is 9.25. The Morgan fingerprint density at radius 3 is 2.53 bits per heavy atom. The molecule has 2 saturated heterocycles. The van der Waals surface area contributed by atoms with Crippen molar-refractivity contribution >= 4 is 28.9 Å². The quantitative estimate of drug-likeness (QED) is 0.474. The Bertz CT molecular complexity index is 1130. The maximum atomic E-state index is 14.2. The van der Waals surface area contributed by atoms with Crippen LogP contribution in [0.2, 0.25) is 0 Å². The normalized spacial score (nSPS) is 19.9. The Morgan fingerprint density at radius 1 is 1.11 bits per heavy atom. The molecule has 0 unspecified atom stereocenters. The van der Waals surface area contributed by atoms with E-state index in [4.69, 9.17) is 9.72 Å². The van der Waals surface area contributed by atoms with Gasteiger partial charge in [-0.05, 0) is 50.2 Å². The highest BCUT2D eigenvalue weighted by atomic mass is 16.5. The lowest BCUT2D eigenvalue weighted by Gasteiger charge is -2.42. The summed E-state index contributed by atoms with van der Waals surface area (Å²) in [5.41, 5.74) is 1.65. The van der Waals surface area contributed by atoms with Crippen molar-refractivity contribution in [2.75, 3.05) is 46.4 Å². The number of nitrogens with zero attached hydrogens (tertiary/aromatic N) is 5. The molecular formula is C28H41N5O5. The number of rotatable bonds is 10. The van der Waals surface area contributed by atoms with Crippen molar-refractivity contribution in [3.05, 3.63) is 30.1 Å². The fourth-order valence-electron chi connectivity index (χ4n) is 5.73.